The predicted octanol–water partition coefficient (Wildman–Crippen LogP) is 0.875. The lowest BCUT2D eigenvalue weighted by Crippen LogP contribution is -2.31. The fourth-order valence-electron chi connectivity index (χ4n) is 0.525. The van der Waals surface area contributed by atoms with E-state index in [0.717, 1.165) is 0 Å². The van der Waals surface area contributed by atoms with Gasteiger partial charge >= 0.3 is 5.97 Å². The van der Waals surface area contributed by atoms with E-state index in [1.807, 2.05) is 0 Å². The second-order valence-electron chi connectivity index (χ2n) is 1.88. The first-order chi connectivity index (χ1) is 4.72. The largest absolute Gasteiger partial charge is 0.465 e. The molecule has 0 aromatic heterocycles. The Morgan fingerprint density at radius 1 is 1.82 bits per heavy atom. The summed E-state index contributed by atoms with van der Waals surface area (Å²) in [6, 6.07) is -0.544. The van der Waals surface area contributed by atoms with Gasteiger partial charge in [-0.15, -0.1) is 19.0 Å². The molecule has 0 fully saturated rings. The molecule has 1 atom stereocenters. The molecule has 0 saturated heterocycles. The molecule has 4 heteroatoms. The van der Waals surface area contributed by atoms with Gasteiger partial charge in [0.1, 0.15) is 6.04 Å². The van der Waals surface area contributed by atoms with E-state index in [-0.39, 0.29) is 18.4 Å². The second kappa shape index (κ2) is 7.57. The van der Waals surface area contributed by atoms with Crippen LogP contribution in [0, 0.1) is 0 Å². The molecule has 0 saturated carbocycles. The minimum atomic E-state index is -0.544. The molecule has 3 nitrogen and oxygen atoms in total. The highest BCUT2D eigenvalue weighted by atomic mass is 35.5. The van der Waals surface area contributed by atoms with Crippen LogP contribution in [0.4, 0.5) is 0 Å². The van der Waals surface area contributed by atoms with Crippen molar-refractivity contribution in [2.45, 2.75) is 19.4 Å². The first kappa shape index (κ1) is 13.1. The first-order valence-electron chi connectivity index (χ1n) is 3.25. The molecule has 0 aromatic rings. The van der Waals surface area contributed by atoms with Crippen LogP contribution in [0.1, 0.15) is 13.3 Å². The summed E-state index contributed by atoms with van der Waals surface area (Å²) >= 11 is 0. The van der Waals surface area contributed by atoms with E-state index < -0.39 is 6.04 Å². The van der Waals surface area contributed by atoms with Crippen LogP contribution in [0.25, 0.3) is 0 Å². The monoisotopic (exact) mass is 179 g/mol. The first-order valence-corrected chi connectivity index (χ1v) is 3.25. The maximum absolute atomic E-state index is 10.7. The van der Waals surface area contributed by atoms with Crippen molar-refractivity contribution >= 4 is 18.4 Å². The minimum Gasteiger partial charge on any atom is -0.465 e. The van der Waals surface area contributed by atoms with Gasteiger partial charge in [0.15, 0.2) is 0 Å². The number of halogens is 1. The van der Waals surface area contributed by atoms with Crippen LogP contribution in [0.2, 0.25) is 0 Å². The SMILES string of the molecule is C=CCC(N)C(=O)OCC.Cl. The van der Waals surface area contributed by atoms with E-state index in [1.54, 1.807) is 13.0 Å². The van der Waals surface area contributed by atoms with Crippen molar-refractivity contribution in [3.63, 3.8) is 0 Å². The second-order valence-corrected chi connectivity index (χ2v) is 1.88. The third-order valence-electron chi connectivity index (χ3n) is 1.01. The standard InChI is InChI=1S/C7H13NO2.ClH/c1-3-5-6(8)7(9)10-4-2;/h3,6H,1,4-5,8H2,2H3;1H. The number of carbonyl (C=O) groups excluding carboxylic acids is 1. The van der Waals surface area contributed by atoms with Crippen molar-refractivity contribution in [1.82, 2.24) is 0 Å². The lowest BCUT2D eigenvalue weighted by molar-refractivity contribution is -0.144. The predicted molar refractivity (Wildman–Crippen MR) is 46.7 cm³/mol. The van der Waals surface area contributed by atoms with E-state index in [0.29, 0.717) is 13.0 Å². The average molecular weight is 180 g/mol. The Hall–Kier alpha value is -0.540. The maximum atomic E-state index is 10.7. The fourth-order valence-corrected chi connectivity index (χ4v) is 0.525. The molecular weight excluding hydrogens is 166 g/mol. The lowest BCUT2D eigenvalue weighted by atomic mass is 10.2. The summed E-state index contributed by atoms with van der Waals surface area (Å²) in [4.78, 5) is 10.7. The molecule has 0 aromatic carbocycles. The number of hydrogen-bond donors (Lipinski definition) is 1. The van der Waals surface area contributed by atoms with Gasteiger partial charge in [-0.25, -0.2) is 0 Å². The summed E-state index contributed by atoms with van der Waals surface area (Å²) in [5.74, 6) is -0.359. The summed E-state index contributed by atoms with van der Waals surface area (Å²) in [6.45, 7) is 5.58. The molecule has 11 heavy (non-hydrogen) atoms. The molecule has 0 amide bonds. The van der Waals surface area contributed by atoms with Gasteiger partial charge in [-0.3, -0.25) is 4.79 Å². The fraction of sp³-hybridized carbons (Fsp3) is 0.571. The van der Waals surface area contributed by atoms with Gasteiger partial charge in [0.25, 0.3) is 0 Å². The molecule has 0 rings (SSSR count). The highest BCUT2D eigenvalue weighted by Gasteiger charge is 2.11. The van der Waals surface area contributed by atoms with Gasteiger partial charge in [-0.05, 0) is 13.3 Å². The lowest BCUT2D eigenvalue weighted by Gasteiger charge is -2.06. The van der Waals surface area contributed by atoms with Crippen molar-refractivity contribution < 1.29 is 9.53 Å². The molecule has 0 spiro atoms. The van der Waals surface area contributed by atoms with Crippen LogP contribution < -0.4 is 5.73 Å². The van der Waals surface area contributed by atoms with Crippen molar-refractivity contribution in [3.05, 3.63) is 12.7 Å². The minimum absolute atomic E-state index is 0. The van der Waals surface area contributed by atoms with Gasteiger partial charge < -0.3 is 10.5 Å². The molecule has 66 valence electrons. The van der Waals surface area contributed by atoms with Crippen LogP contribution in [0.15, 0.2) is 12.7 Å². The molecular formula is C7H14ClNO2. The average Bonchev–Trinajstić information content (AvgIpc) is 1.89. The molecule has 1 unspecified atom stereocenters. The van der Waals surface area contributed by atoms with Crippen molar-refractivity contribution in [2.75, 3.05) is 6.61 Å². The molecule has 0 aliphatic heterocycles. The Balaban J connectivity index is 0. The molecule has 0 heterocycles. The Labute approximate surface area is 73.0 Å². The Morgan fingerprint density at radius 2 is 2.36 bits per heavy atom. The highest BCUT2D eigenvalue weighted by Crippen LogP contribution is 1.91. The van der Waals surface area contributed by atoms with Crippen LogP contribution in [-0.2, 0) is 9.53 Å². The van der Waals surface area contributed by atoms with Gasteiger partial charge in [0, 0.05) is 0 Å². The molecule has 0 aliphatic rings. The zero-order valence-electron chi connectivity index (χ0n) is 6.58. The normalized spacial score (nSPS) is 11.1. The number of rotatable bonds is 4. The van der Waals surface area contributed by atoms with E-state index in [4.69, 9.17) is 5.73 Å². The Morgan fingerprint density at radius 3 is 2.73 bits per heavy atom. The van der Waals surface area contributed by atoms with Crippen molar-refractivity contribution in [1.29, 1.82) is 0 Å². The van der Waals surface area contributed by atoms with Gasteiger partial charge in [0.05, 0.1) is 6.61 Å². The summed E-state index contributed by atoms with van der Waals surface area (Å²) < 4.78 is 4.64. The number of carbonyl (C=O) groups is 1. The number of hydrogen-bond acceptors (Lipinski definition) is 3. The third kappa shape index (κ3) is 5.88. The Kier molecular flexibility index (Phi) is 9.00. The van der Waals surface area contributed by atoms with E-state index in [9.17, 15) is 4.79 Å². The van der Waals surface area contributed by atoms with Crippen LogP contribution in [0.3, 0.4) is 0 Å². The van der Waals surface area contributed by atoms with Gasteiger partial charge in [-0.1, -0.05) is 6.08 Å². The highest BCUT2D eigenvalue weighted by molar-refractivity contribution is 5.85. The summed E-state index contributed by atoms with van der Waals surface area (Å²) in [5, 5.41) is 0. The van der Waals surface area contributed by atoms with E-state index in [1.165, 1.54) is 0 Å². The maximum Gasteiger partial charge on any atom is 0.323 e. The Bertz CT molecular complexity index is 128. The van der Waals surface area contributed by atoms with E-state index in [2.05, 4.69) is 11.3 Å². The topological polar surface area (TPSA) is 52.3 Å². The molecule has 0 bridgehead atoms. The van der Waals surface area contributed by atoms with Crippen molar-refractivity contribution in [2.24, 2.45) is 5.73 Å². The molecule has 0 aliphatic carbocycles. The third-order valence-corrected chi connectivity index (χ3v) is 1.01. The van der Waals surface area contributed by atoms with Crippen LogP contribution in [0.5, 0.6) is 0 Å². The summed E-state index contributed by atoms with van der Waals surface area (Å²) in [6.07, 6.45) is 2.07. The smallest absolute Gasteiger partial charge is 0.323 e. The number of esters is 1. The van der Waals surface area contributed by atoms with Crippen molar-refractivity contribution in [3.8, 4) is 0 Å². The summed E-state index contributed by atoms with van der Waals surface area (Å²) in [5.41, 5.74) is 5.37. The zero-order valence-corrected chi connectivity index (χ0v) is 7.39. The van der Waals surface area contributed by atoms with Crippen LogP contribution in [-0.4, -0.2) is 18.6 Å². The van der Waals surface area contributed by atoms with Gasteiger partial charge in [-0.2, -0.15) is 0 Å². The zero-order chi connectivity index (χ0) is 7.98. The number of ether oxygens (including phenoxy) is 1. The molecule has 0 radical (unpaired) electrons. The summed E-state index contributed by atoms with van der Waals surface area (Å²) in [7, 11) is 0. The quantitative estimate of drug-likeness (QED) is 0.515. The number of nitrogens with two attached hydrogens (primary N) is 1. The molecule has 2 N–H and O–H groups in total. The van der Waals surface area contributed by atoms with Gasteiger partial charge in [0.2, 0.25) is 0 Å². The van der Waals surface area contributed by atoms with Crippen LogP contribution >= 0.6 is 12.4 Å². The van der Waals surface area contributed by atoms with E-state index >= 15 is 0 Å².